The summed E-state index contributed by atoms with van der Waals surface area (Å²) >= 11 is 0. The van der Waals surface area contributed by atoms with Gasteiger partial charge in [-0.05, 0) is 17.9 Å². The Morgan fingerprint density at radius 1 is 1.82 bits per heavy atom. The van der Waals surface area contributed by atoms with Crippen molar-refractivity contribution in [1.82, 2.24) is 0 Å². The second-order valence-corrected chi connectivity index (χ2v) is 3.03. The Kier molecular flexibility index (Phi) is 2.43. The molecule has 0 fully saturated rings. The van der Waals surface area contributed by atoms with Gasteiger partial charge in [-0.1, -0.05) is 13.0 Å². The molecule has 2 unspecified atom stereocenters. The van der Waals surface area contributed by atoms with E-state index in [2.05, 4.69) is 6.07 Å². The molecule has 1 rings (SSSR count). The molecule has 0 aromatic carbocycles. The van der Waals surface area contributed by atoms with Crippen LogP contribution in [0.4, 0.5) is 0 Å². The summed E-state index contributed by atoms with van der Waals surface area (Å²) in [6.45, 7) is 2.02. The third kappa shape index (κ3) is 1.91. The van der Waals surface area contributed by atoms with Crippen LogP contribution in [0.3, 0.4) is 0 Å². The maximum Gasteiger partial charge on any atom is 0.155 e. The fourth-order valence-corrected chi connectivity index (χ4v) is 1.33. The number of carbonyl (C=O) groups excluding carboxylic acids is 1. The van der Waals surface area contributed by atoms with Crippen LogP contribution in [0.2, 0.25) is 0 Å². The summed E-state index contributed by atoms with van der Waals surface area (Å²) in [5, 5.41) is 8.43. The molecule has 0 heterocycles. The molecule has 0 radical (unpaired) electrons. The summed E-state index contributed by atoms with van der Waals surface area (Å²) in [5.41, 5.74) is 0. The SMILES string of the molecule is CC1CC(=O)C=CC1CC#N. The van der Waals surface area contributed by atoms with E-state index in [9.17, 15) is 4.79 Å². The Morgan fingerprint density at radius 2 is 2.55 bits per heavy atom. The lowest BCUT2D eigenvalue weighted by atomic mass is 9.83. The van der Waals surface area contributed by atoms with E-state index < -0.39 is 0 Å². The van der Waals surface area contributed by atoms with Gasteiger partial charge in [0, 0.05) is 12.8 Å². The first-order valence-electron chi connectivity index (χ1n) is 3.82. The summed E-state index contributed by atoms with van der Waals surface area (Å²) in [6, 6.07) is 2.12. The molecule has 2 heteroatoms. The van der Waals surface area contributed by atoms with E-state index in [1.807, 2.05) is 13.0 Å². The molecule has 0 bridgehead atoms. The minimum atomic E-state index is 0.187. The van der Waals surface area contributed by atoms with Gasteiger partial charge < -0.3 is 0 Å². The normalized spacial score (nSPS) is 30.0. The smallest absolute Gasteiger partial charge is 0.155 e. The summed E-state index contributed by atoms with van der Waals surface area (Å²) in [6.07, 6.45) is 4.59. The van der Waals surface area contributed by atoms with Crippen LogP contribution < -0.4 is 0 Å². The molecular weight excluding hydrogens is 138 g/mol. The minimum Gasteiger partial charge on any atom is -0.295 e. The fraction of sp³-hybridized carbons (Fsp3) is 0.556. The van der Waals surface area contributed by atoms with E-state index >= 15 is 0 Å². The highest BCUT2D eigenvalue weighted by Crippen LogP contribution is 2.24. The van der Waals surface area contributed by atoms with Gasteiger partial charge >= 0.3 is 0 Å². The van der Waals surface area contributed by atoms with Crippen molar-refractivity contribution in [1.29, 1.82) is 5.26 Å². The van der Waals surface area contributed by atoms with Crippen LogP contribution in [0.1, 0.15) is 19.8 Å². The monoisotopic (exact) mass is 149 g/mol. The van der Waals surface area contributed by atoms with Crippen LogP contribution >= 0.6 is 0 Å². The first-order valence-corrected chi connectivity index (χ1v) is 3.82. The van der Waals surface area contributed by atoms with E-state index in [0.29, 0.717) is 18.8 Å². The van der Waals surface area contributed by atoms with E-state index in [4.69, 9.17) is 5.26 Å². The van der Waals surface area contributed by atoms with Crippen LogP contribution in [-0.4, -0.2) is 5.78 Å². The number of allylic oxidation sites excluding steroid dienone is 2. The average molecular weight is 149 g/mol. The standard InChI is InChI=1S/C9H11NO/c1-7-6-9(11)3-2-8(7)4-5-10/h2-3,7-8H,4,6H2,1H3. The number of nitriles is 1. The van der Waals surface area contributed by atoms with Crippen LogP contribution in [0.25, 0.3) is 0 Å². The Bertz CT molecular complexity index is 224. The Labute approximate surface area is 66.5 Å². The molecule has 0 aliphatic heterocycles. The van der Waals surface area contributed by atoms with Gasteiger partial charge in [0.15, 0.2) is 5.78 Å². The number of ketones is 1. The summed E-state index contributed by atoms with van der Waals surface area (Å²) < 4.78 is 0. The fourth-order valence-electron chi connectivity index (χ4n) is 1.33. The Balaban J connectivity index is 2.62. The second-order valence-electron chi connectivity index (χ2n) is 3.03. The summed E-state index contributed by atoms with van der Waals surface area (Å²) in [4.78, 5) is 10.9. The third-order valence-corrected chi connectivity index (χ3v) is 2.11. The van der Waals surface area contributed by atoms with Crippen molar-refractivity contribution in [2.75, 3.05) is 0 Å². The highest BCUT2D eigenvalue weighted by Gasteiger charge is 2.20. The Morgan fingerprint density at radius 3 is 3.09 bits per heavy atom. The van der Waals surface area contributed by atoms with Crippen LogP contribution in [0, 0.1) is 23.2 Å². The van der Waals surface area contributed by atoms with Crippen molar-refractivity contribution in [2.45, 2.75) is 19.8 Å². The van der Waals surface area contributed by atoms with E-state index in [1.165, 1.54) is 0 Å². The van der Waals surface area contributed by atoms with Crippen molar-refractivity contribution in [3.63, 3.8) is 0 Å². The van der Waals surface area contributed by atoms with E-state index in [-0.39, 0.29) is 11.7 Å². The molecule has 11 heavy (non-hydrogen) atoms. The Hall–Kier alpha value is -1.10. The van der Waals surface area contributed by atoms with Gasteiger partial charge in [-0.2, -0.15) is 5.26 Å². The molecule has 0 spiro atoms. The maximum absolute atomic E-state index is 10.9. The molecular formula is C9H11NO. The molecule has 0 aromatic rings. The van der Waals surface area contributed by atoms with Crippen LogP contribution in [0.15, 0.2) is 12.2 Å². The number of carbonyl (C=O) groups is 1. The first kappa shape index (κ1) is 8.00. The van der Waals surface area contributed by atoms with Gasteiger partial charge in [-0.3, -0.25) is 4.79 Å². The van der Waals surface area contributed by atoms with Crippen molar-refractivity contribution in [3.8, 4) is 6.07 Å². The van der Waals surface area contributed by atoms with Crippen LogP contribution in [-0.2, 0) is 4.79 Å². The molecule has 2 nitrogen and oxygen atoms in total. The molecule has 1 aliphatic rings. The molecule has 0 amide bonds. The van der Waals surface area contributed by atoms with Crippen molar-refractivity contribution in [2.24, 2.45) is 11.8 Å². The predicted octanol–water partition coefficient (Wildman–Crippen LogP) is 1.68. The number of nitrogens with zero attached hydrogens (tertiary/aromatic N) is 1. The quantitative estimate of drug-likeness (QED) is 0.569. The topological polar surface area (TPSA) is 40.9 Å². The third-order valence-electron chi connectivity index (χ3n) is 2.11. The lowest BCUT2D eigenvalue weighted by Crippen LogP contribution is -2.17. The largest absolute Gasteiger partial charge is 0.295 e. The average Bonchev–Trinajstić information content (AvgIpc) is 1.95. The van der Waals surface area contributed by atoms with Gasteiger partial charge in [0.2, 0.25) is 0 Å². The number of rotatable bonds is 1. The molecule has 1 aliphatic carbocycles. The summed E-state index contributed by atoms with van der Waals surface area (Å²) in [7, 11) is 0. The van der Waals surface area contributed by atoms with Gasteiger partial charge in [-0.25, -0.2) is 0 Å². The number of hydrogen-bond acceptors (Lipinski definition) is 2. The highest BCUT2D eigenvalue weighted by atomic mass is 16.1. The zero-order chi connectivity index (χ0) is 8.27. The zero-order valence-corrected chi connectivity index (χ0v) is 6.58. The van der Waals surface area contributed by atoms with Gasteiger partial charge in [-0.15, -0.1) is 0 Å². The van der Waals surface area contributed by atoms with Crippen molar-refractivity contribution in [3.05, 3.63) is 12.2 Å². The maximum atomic E-state index is 10.9. The van der Waals surface area contributed by atoms with E-state index in [1.54, 1.807) is 6.08 Å². The van der Waals surface area contributed by atoms with Crippen molar-refractivity contribution < 1.29 is 4.79 Å². The summed E-state index contributed by atoms with van der Waals surface area (Å²) in [5.74, 6) is 0.816. The molecule has 0 aromatic heterocycles. The van der Waals surface area contributed by atoms with E-state index in [0.717, 1.165) is 0 Å². The molecule has 0 N–H and O–H groups in total. The predicted molar refractivity (Wildman–Crippen MR) is 41.6 cm³/mol. The molecule has 0 saturated heterocycles. The first-order chi connectivity index (χ1) is 5.24. The highest BCUT2D eigenvalue weighted by molar-refractivity contribution is 5.90. The number of hydrogen-bond donors (Lipinski definition) is 0. The van der Waals surface area contributed by atoms with Crippen molar-refractivity contribution >= 4 is 5.78 Å². The second kappa shape index (κ2) is 3.34. The molecule has 58 valence electrons. The molecule has 2 atom stereocenters. The van der Waals surface area contributed by atoms with Gasteiger partial charge in [0.1, 0.15) is 0 Å². The lowest BCUT2D eigenvalue weighted by molar-refractivity contribution is -0.116. The lowest BCUT2D eigenvalue weighted by Gasteiger charge is -2.20. The minimum absolute atomic E-state index is 0.187. The molecule has 0 saturated carbocycles. The van der Waals surface area contributed by atoms with Gasteiger partial charge in [0.25, 0.3) is 0 Å². The van der Waals surface area contributed by atoms with Gasteiger partial charge in [0.05, 0.1) is 6.07 Å². The zero-order valence-electron chi connectivity index (χ0n) is 6.58. The van der Waals surface area contributed by atoms with Crippen LogP contribution in [0.5, 0.6) is 0 Å².